The molecule has 0 aromatic carbocycles. The Kier molecular flexibility index (Phi) is 4.81. The number of nitrogens with one attached hydrogen (secondary N) is 1. The Hall–Kier alpha value is -0.350. The van der Waals surface area contributed by atoms with Crippen molar-refractivity contribution in [2.75, 3.05) is 6.54 Å². The lowest BCUT2D eigenvalue weighted by Crippen LogP contribution is -2.37. The van der Waals surface area contributed by atoms with Crippen LogP contribution in [0.2, 0.25) is 0 Å². The summed E-state index contributed by atoms with van der Waals surface area (Å²) in [6.07, 6.45) is -0.688. The lowest BCUT2D eigenvalue weighted by molar-refractivity contribution is -0.157. The molecule has 0 aromatic heterocycles. The number of carbonyl (C=O) groups excluding carboxylic acids is 1. The van der Waals surface area contributed by atoms with Gasteiger partial charge in [-0.05, 0) is 20.8 Å². The molecule has 0 saturated carbocycles. The topological polar surface area (TPSA) is 38.3 Å². The molecule has 0 bridgehead atoms. The largest absolute Gasteiger partial charge is 0.459 e. The summed E-state index contributed by atoms with van der Waals surface area (Å²) in [5, 5.41) is 2.78. The summed E-state index contributed by atoms with van der Waals surface area (Å²) in [7, 11) is 0. The van der Waals surface area contributed by atoms with E-state index in [4.69, 9.17) is 4.74 Å². The van der Waals surface area contributed by atoms with E-state index in [0.29, 0.717) is 0 Å². The zero-order valence-corrected chi connectivity index (χ0v) is 9.49. The number of rotatable bonds is 1. The Bertz CT molecular complexity index is 205. The average molecular weight is 226 g/mol. The average Bonchev–Trinajstić information content (AvgIpc) is 2.31. The highest BCUT2D eigenvalue weighted by Gasteiger charge is 2.32. The highest BCUT2D eigenvalue weighted by molar-refractivity contribution is 5.85. The van der Waals surface area contributed by atoms with E-state index in [9.17, 15) is 9.18 Å². The number of alkyl halides is 1. The maximum absolute atomic E-state index is 12.7. The Morgan fingerprint density at radius 1 is 1.50 bits per heavy atom. The molecule has 0 aromatic rings. The minimum Gasteiger partial charge on any atom is -0.459 e. The molecule has 1 aliphatic heterocycles. The number of esters is 1. The molecule has 84 valence electrons. The summed E-state index contributed by atoms with van der Waals surface area (Å²) in [4.78, 5) is 11.4. The van der Waals surface area contributed by atoms with Crippen molar-refractivity contribution in [2.45, 2.75) is 45.0 Å². The van der Waals surface area contributed by atoms with Gasteiger partial charge in [-0.15, -0.1) is 12.4 Å². The Morgan fingerprint density at radius 3 is 2.43 bits per heavy atom. The van der Waals surface area contributed by atoms with Crippen LogP contribution in [0.4, 0.5) is 4.39 Å². The molecule has 3 nitrogen and oxygen atoms in total. The van der Waals surface area contributed by atoms with Gasteiger partial charge in [0, 0.05) is 13.0 Å². The van der Waals surface area contributed by atoms with E-state index in [1.165, 1.54) is 0 Å². The smallest absolute Gasteiger partial charge is 0.323 e. The standard InChI is InChI=1S/C9H16FNO2.ClH/c1-9(2,3)13-8(12)7-4-6(10)5-11-7;/h6-7,11H,4-5H2,1-3H3;1H/t6-,7+;/m0./s1. The second kappa shape index (κ2) is 4.94. The third-order valence-corrected chi connectivity index (χ3v) is 1.77. The first-order chi connectivity index (χ1) is 5.88. The maximum Gasteiger partial charge on any atom is 0.323 e. The van der Waals surface area contributed by atoms with Crippen molar-refractivity contribution in [1.82, 2.24) is 5.32 Å². The summed E-state index contributed by atoms with van der Waals surface area (Å²) < 4.78 is 17.8. The van der Waals surface area contributed by atoms with Gasteiger partial charge in [0.15, 0.2) is 0 Å². The van der Waals surface area contributed by atoms with E-state index in [1.54, 1.807) is 20.8 Å². The molecule has 0 aliphatic carbocycles. The number of hydrogen-bond donors (Lipinski definition) is 1. The molecule has 0 spiro atoms. The van der Waals surface area contributed by atoms with Gasteiger partial charge >= 0.3 is 5.97 Å². The fourth-order valence-corrected chi connectivity index (χ4v) is 1.25. The van der Waals surface area contributed by atoms with Crippen LogP contribution < -0.4 is 5.32 Å². The van der Waals surface area contributed by atoms with Crippen molar-refractivity contribution in [3.05, 3.63) is 0 Å². The normalized spacial score (nSPS) is 26.9. The van der Waals surface area contributed by atoms with E-state index in [0.717, 1.165) is 0 Å². The van der Waals surface area contributed by atoms with Crippen molar-refractivity contribution < 1.29 is 13.9 Å². The van der Waals surface area contributed by atoms with Crippen LogP contribution in [0.3, 0.4) is 0 Å². The van der Waals surface area contributed by atoms with Crippen molar-refractivity contribution in [3.8, 4) is 0 Å². The third-order valence-electron chi connectivity index (χ3n) is 1.77. The molecule has 0 amide bonds. The van der Waals surface area contributed by atoms with E-state index in [1.807, 2.05) is 0 Å². The molecule has 1 N–H and O–H groups in total. The second-order valence-electron chi connectivity index (χ2n) is 4.33. The lowest BCUT2D eigenvalue weighted by atomic mass is 10.1. The summed E-state index contributed by atoms with van der Waals surface area (Å²) in [6, 6.07) is -0.464. The molecule has 1 fully saturated rings. The molecule has 1 heterocycles. The van der Waals surface area contributed by atoms with Crippen LogP contribution in [0.25, 0.3) is 0 Å². The quantitative estimate of drug-likeness (QED) is 0.687. The summed E-state index contributed by atoms with van der Waals surface area (Å²) in [5.41, 5.74) is -0.493. The molecular formula is C9H17ClFNO2. The van der Waals surface area contributed by atoms with E-state index in [-0.39, 0.29) is 31.3 Å². The van der Waals surface area contributed by atoms with Crippen molar-refractivity contribution in [2.24, 2.45) is 0 Å². The zero-order valence-electron chi connectivity index (χ0n) is 8.67. The molecule has 1 rings (SSSR count). The molecule has 1 saturated heterocycles. The van der Waals surface area contributed by atoms with E-state index < -0.39 is 17.8 Å². The fourth-order valence-electron chi connectivity index (χ4n) is 1.25. The first-order valence-electron chi connectivity index (χ1n) is 4.49. The number of carbonyl (C=O) groups is 1. The molecule has 0 unspecified atom stereocenters. The third kappa shape index (κ3) is 4.24. The first kappa shape index (κ1) is 13.7. The Labute approximate surface area is 89.8 Å². The lowest BCUT2D eigenvalue weighted by Gasteiger charge is -2.21. The Morgan fingerprint density at radius 2 is 2.07 bits per heavy atom. The number of ether oxygens (including phenoxy) is 1. The van der Waals surface area contributed by atoms with Gasteiger partial charge in [0.05, 0.1) is 0 Å². The summed E-state index contributed by atoms with van der Waals surface area (Å²) in [5.74, 6) is -0.354. The summed E-state index contributed by atoms with van der Waals surface area (Å²) in [6.45, 7) is 5.65. The molecule has 5 heteroatoms. The number of hydrogen-bond acceptors (Lipinski definition) is 3. The van der Waals surface area contributed by atoms with Gasteiger partial charge < -0.3 is 10.1 Å². The van der Waals surface area contributed by atoms with Gasteiger partial charge in [-0.1, -0.05) is 0 Å². The molecule has 2 atom stereocenters. The van der Waals surface area contributed by atoms with Crippen molar-refractivity contribution in [3.63, 3.8) is 0 Å². The second-order valence-corrected chi connectivity index (χ2v) is 4.33. The molecule has 14 heavy (non-hydrogen) atoms. The Balaban J connectivity index is 0.00000169. The van der Waals surface area contributed by atoms with Gasteiger partial charge in [-0.2, -0.15) is 0 Å². The fraction of sp³-hybridized carbons (Fsp3) is 0.889. The van der Waals surface area contributed by atoms with Crippen LogP contribution in [0.1, 0.15) is 27.2 Å². The molecule has 0 radical (unpaired) electrons. The van der Waals surface area contributed by atoms with Gasteiger partial charge in [-0.3, -0.25) is 4.79 Å². The zero-order chi connectivity index (χ0) is 10.1. The summed E-state index contributed by atoms with van der Waals surface area (Å²) >= 11 is 0. The van der Waals surface area contributed by atoms with Gasteiger partial charge in [0.25, 0.3) is 0 Å². The van der Waals surface area contributed by atoms with Gasteiger partial charge in [-0.25, -0.2) is 4.39 Å². The number of halogens is 2. The monoisotopic (exact) mass is 225 g/mol. The van der Waals surface area contributed by atoms with Crippen molar-refractivity contribution >= 4 is 18.4 Å². The predicted molar refractivity (Wildman–Crippen MR) is 54.4 cm³/mol. The van der Waals surface area contributed by atoms with Crippen LogP contribution in [0, 0.1) is 0 Å². The van der Waals surface area contributed by atoms with Crippen LogP contribution in [-0.2, 0) is 9.53 Å². The highest BCUT2D eigenvalue weighted by atomic mass is 35.5. The van der Waals surface area contributed by atoms with Crippen LogP contribution in [0.15, 0.2) is 0 Å². The highest BCUT2D eigenvalue weighted by Crippen LogP contribution is 2.15. The minimum absolute atomic E-state index is 0. The van der Waals surface area contributed by atoms with E-state index in [2.05, 4.69) is 5.32 Å². The van der Waals surface area contributed by atoms with Crippen LogP contribution in [-0.4, -0.2) is 30.3 Å². The van der Waals surface area contributed by atoms with Crippen LogP contribution >= 0.6 is 12.4 Å². The van der Waals surface area contributed by atoms with Crippen molar-refractivity contribution in [1.29, 1.82) is 0 Å². The van der Waals surface area contributed by atoms with Crippen LogP contribution in [0.5, 0.6) is 0 Å². The van der Waals surface area contributed by atoms with E-state index >= 15 is 0 Å². The first-order valence-corrected chi connectivity index (χ1v) is 4.49. The maximum atomic E-state index is 12.7. The predicted octanol–water partition coefficient (Wildman–Crippen LogP) is 1.45. The van der Waals surface area contributed by atoms with Gasteiger partial charge in [0.2, 0.25) is 0 Å². The molecular weight excluding hydrogens is 209 g/mol. The molecule has 1 aliphatic rings. The SMILES string of the molecule is CC(C)(C)OC(=O)[C@H]1C[C@H](F)CN1.Cl. The minimum atomic E-state index is -0.919. The van der Waals surface area contributed by atoms with Gasteiger partial charge in [0.1, 0.15) is 17.8 Å².